The summed E-state index contributed by atoms with van der Waals surface area (Å²) in [6.45, 7) is 0.354. The fraction of sp³-hybridized carbons (Fsp3) is 0.357. The van der Waals surface area contributed by atoms with Crippen LogP contribution in [0.15, 0.2) is 30.7 Å². The van der Waals surface area contributed by atoms with Gasteiger partial charge in [-0.2, -0.15) is 0 Å². The van der Waals surface area contributed by atoms with Crippen LogP contribution < -0.4 is 4.31 Å². The number of hydrogen-bond acceptors (Lipinski definition) is 5. The Morgan fingerprint density at radius 2 is 1.92 bits per heavy atom. The summed E-state index contributed by atoms with van der Waals surface area (Å²) in [5.41, 5.74) is 0.383. The van der Waals surface area contributed by atoms with Gasteiger partial charge in [0, 0.05) is 36.5 Å². The molecule has 0 radical (unpaired) electrons. The largest absolute Gasteiger partial charge is 0.471 e. The van der Waals surface area contributed by atoms with Gasteiger partial charge in [-0.05, 0) is 18.9 Å². The number of carboxylic acid groups (broad SMARTS) is 2. The van der Waals surface area contributed by atoms with Gasteiger partial charge in [0.15, 0.2) is 0 Å². The van der Waals surface area contributed by atoms with E-state index in [9.17, 15) is 19.8 Å². The Hall–Kier alpha value is -1.45. The number of carbonyl (C=O) groups is 2. The topological polar surface area (TPSA) is 94.0 Å². The molecule has 0 bridgehead atoms. The van der Waals surface area contributed by atoms with E-state index in [1.54, 1.807) is 0 Å². The molecule has 24 heavy (non-hydrogen) atoms. The predicted octanol–water partition coefficient (Wildman–Crippen LogP) is 4.88. The number of pyridine rings is 1. The lowest BCUT2D eigenvalue weighted by molar-refractivity contribution is 0.213. The van der Waals surface area contributed by atoms with Crippen molar-refractivity contribution in [3.63, 3.8) is 0 Å². The van der Waals surface area contributed by atoms with Crippen LogP contribution in [0.3, 0.4) is 0 Å². The van der Waals surface area contributed by atoms with Crippen molar-refractivity contribution in [1.82, 2.24) is 9.29 Å². The monoisotopic (exact) mass is 437 g/mol. The maximum absolute atomic E-state index is 12.0. The van der Waals surface area contributed by atoms with E-state index in [0.29, 0.717) is 18.7 Å². The number of anilines is 1. The van der Waals surface area contributed by atoms with Gasteiger partial charge in [0.05, 0.1) is 5.69 Å². The number of aromatic nitrogens is 1. The number of rotatable bonds is 6. The zero-order chi connectivity index (χ0) is 17.7. The molecule has 0 saturated carbocycles. The van der Waals surface area contributed by atoms with E-state index >= 15 is 0 Å². The molecule has 2 N–H and O–H groups in total. The molecule has 0 atom stereocenters. The van der Waals surface area contributed by atoms with Gasteiger partial charge in [0.2, 0.25) is 0 Å². The van der Waals surface area contributed by atoms with Crippen molar-refractivity contribution in [1.29, 1.82) is 0 Å². The van der Waals surface area contributed by atoms with Crippen molar-refractivity contribution in [2.24, 2.45) is 0 Å². The lowest BCUT2D eigenvalue weighted by atomic mass is 10.2. The summed E-state index contributed by atoms with van der Waals surface area (Å²) in [6, 6.07) is 2.99. The first-order chi connectivity index (χ1) is 11.4. The first kappa shape index (κ1) is 18.9. The van der Waals surface area contributed by atoms with Gasteiger partial charge in [-0.25, -0.2) is 14.6 Å². The van der Waals surface area contributed by atoms with Gasteiger partial charge in [0.25, 0.3) is 0 Å². The zero-order valence-corrected chi connectivity index (χ0v) is 15.8. The third kappa shape index (κ3) is 3.47. The second-order valence-electron chi connectivity index (χ2n) is 4.93. The minimum absolute atomic E-state index is 0.167. The highest BCUT2D eigenvalue weighted by Crippen LogP contribution is 2.61. The van der Waals surface area contributed by atoms with E-state index in [1.165, 1.54) is 39.3 Å². The van der Waals surface area contributed by atoms with Gasteiger partial charge in [0.1, 0.15) is 15.6 Å². The van der Waals surface area contributed by atoms with Gasteiger partial charge in [-0.1, -0.05) is 34.0 Å². The maximum atomic E-state index is 12.0. The van der Waals surface area contributed by atoms with E-state index < -0.39 is 21.0 Å². The van der Waals surface area contributed by atoms with Crippen LogP contribution >= 0.6 is 37.9 Å². The van der Waals surface area contributed by atoms with Crippen molar-refractivity contribution in [2.45, 2.75) is 19.3 Å². The summed E-state index contributed by atoms with van der Waals surface area (Å²) in [7, 11) is -3.34. The summed E-state index contributed by atoms with van der Waals surface area (Å²) < 4.78 is 2.69. The number of unbranched alkanes of at least 4 members (excludes halogenated alkanes) is 2. The standard InChI is InChI=1S/C14H17BrClN3O4S/c15-5-2-1-3-7-18-8-9-19(11-4-6-17-12(16)10-11)24(18,13(20)21)14(22)23/h4,6,8-10H,1-3,5,7H2,(H,20,21)(H,22,23). The highest BCUT2D eigenvalue weighted by Gasteiger charge is 2.53. The lowest BCUT2D eigenvalue weighted by Crippen LogP contribution is -2.39. The molecule has 2 rings (SSSR count). The Morgan fingerprint density at radius 1 is 1.21 bits per heavy atom. The molecule has 1 aliphatic rings. The fourth-order valence-corrected chi connectivity index (χ4v) is 5.33. The molecule has 0 saturated heterocycles. The Balaban J connectivity index is 2.36. The number of alkyl halides is 1. The maximum Gasteiger partial charge on any atom is 0.393 e. The zero-order valence-electron chi connectivity index (χ0n) is 12.6. The molecule has 1 aromatic heterocycles. The van der Waals surface area contributed by atoms with Crippen LogP contribution in [0, 0.1) is 0 Å². The van der Waals surface area contributed by atoms with Crippen LogP contribution in [0.25, 0.3) is 0 Å². The number of halogens is 2. The SMILES string of the molecule is O=C(O)S1(C(=O)O)N(CCCCCBr)C=CN1c1ccnc(Cl)c1. The van der Waals surface area contributed by atoms with E-state index in [-0.39, 0.29) is 5.15 Å². The van der Waals surface area contributed by atoms with Crippen molar-refractivity contribution < 1.29 is 19.8 Å². The normalized spacial score (nSPS) is 17.1. The van der Waals surface area contributed by atoms with Gasteiger partial charge in [-0.15, -0.1) is 0 Å². The average molecular weight is 439 g/mol. The van der Waals surface area contributed by atoms with Crippen molar-refractivity contribution >= 4 is 54.2 Å². The molecule has 2 heterocycles. The van der Waals surface area contributed by atoms with Crippen LogP contribution in [0.1, 0.15) is 19.3 Å². The Morgan fingerprint density at radius 3 is 2.50 bits per heavy atom. The quantitative estimate of drug-likeness (QED) is 0.371. The Kier molecular flexibility index (Phi) is 6.36. The molecule has 1 aliphatic heterocycles. The lowest BCUT2D eigenvalue weighted by Gasteiger charge is -2.42. The third-order valence-corrected chi connectivity index (χ3v) is 7.08. The first-order valence-electron chi connectivity index (χ1n) is 7.16. The average Bonchev–Trinajstić information content (AvgIpc) is 2.92. The van der Waals surface area contributed by atoms with Gasteiger partial charge < -0.3 is 14.5 Å². The smallest absolute Gasteiger partial charge is 0.393 e. The molecule has 0 spiro atoms. The molecule has 1 aromatic rings. The van der Waals surface area contributed by atoms with E-state index in [4.69, 9.17) is 11.6 Å². The van der Waals surface area contributed by atoms with Crippen LogP contribution in [0.4, 0.5) is 15.3 Å². The molecule has 0 aromatic carbocycles. The molecule has 0 fully saturated rings. The molecule has 0 aliphatic carbocycles. The molecule has 10 heteroatoms. The summed E-state index contributed by atoms with van der Waals surface area (Å²) in [5, 5.41) is 17.8. The predicted molar refractivity (Wildman–Crippen MR) is 98.9 cm³/mol. The molecular weight excluding hydrogens is 422 g/mol. The molecular formula is C14H17BrClN3O4S. The van der Waals surface area contributed by atoms with Crippen molar-refractivity contribution in [3.05, 3.63) is 35.9 Å². The second-order valence-corrected chi connectivity index (χ2v) is 8.77. The minimum Gasteiger partial charge on any atom is -0.471 e. The van der Waals surface area contributed by atoms with E-state index in [2.05, 4.69) is 20.9 Å². The minimum atomic E-state index is -3.34. The van der Waals surface area contributed by atoms with Crippen molar-refractivity contribution in [2.75, 3.05) is 16.2 Å². The van der Waals surface area contributed by atoms with Crippen molar-refractivity contribution in [3.8, 4) is 0 Å². The van der Waals surface area contributed by atoms with Gasteiger partial charge in [-0.3, -0.25) is 4.31 Å². The Labute approximate surface area is 154 Å². The molecule has 7 nitrogen and oxygen atoms in total. The molecule has 0 amide bonds. The number of nitrogens with zero attached hydrogens (tertiary/aromatic N) is 3. The first-order valence-corrected chi connectivity index (χ1v) is 10.2. The van der Waals surface area contributed by atoms with Crippen LogP contribution in [-0.2, 0) is 0 Å². The Bertz CT molecular complexity index is 647. The molecule has 132 valence electrons. The third-order valence-electron chi connectivity index (χ3n) is 3.46. The van der Waals surface area contributed by atoms with E-state index in [0.717, 1.165) is 18.2 Å². The van der Waals surface area contributed by atoms with Crippen LogP contribution in [0.2, 0.25) is 5.15 Å². The second kappa shape index (κ2) is 8.09. The van der Waals surface area contributed by atoms with Crippen LogP contribution in [0.5, 0.6) is 0 Å². The van der Waals surface area contributed by atoms with Gasteiger partial charge >= 0.3 is 10.6 Å². The summed E-state index contributed by atoms with van der Waals surface area (Å²) >= 11 is 9.21. The summed E-state index contributed by atoms with van der Waals surface area (Å²) in [6.07, 6.45) is 6.96. The van der Waals surface area contributed by atoms with Crippen LogP contribution in [-0.4, -0.2) is 42.0 Å². The summed E-state index contributed by atoms with van der Waals surface area (Å²) in [5.74, 6) is 0. The summed E-state index contributed by atoms with van der Waals surface area (Å²) in [4.78, 5) is 27.9. The van der Waals surface area contributed by atoms with E-state index in [1.807, 2.05) is 0 Å². The fourth-order valence-electron chi connectivity index (χ4n) is 2.38. The number of hydrogen-bond donors (Lipinski definition) is 2. The highest BCUT2D eigenvalue weighted by molar-refractivity contribution is 9.09. The highest BCUT2D eigenvalue weighted by atomic mass is 79.9. The molecule has 0 unspecified atom stereocenters.